The van der Waals surface area contributed by atoms with Crippen LogP contribution in [0.4, 0.5) is 10.5 Å². The van der Waals surface area contributed by atoms with Crippen LogP contribution in [0.5, 0.6) is 0 Å². The number of nitrogens with one attached hydrogen (secondary N) is 2. The number of nitrogens with zero attached hydrogens (tertiary/aromatic N) is 1. The Labute approximate surface area is 166 Å². The van der Waals surface area contributed by atoms with Gasteiger partial charge in [0.25, 0.3) is 0 Å². The number of aryl methyl sites for hydroxylation is 2. The van der Waals surface area contributed by atoms with Gasteiger partial charge in [-0.25, -0.2) is 4.79 Å². The first-order valence-corrected chi connectivity index (χ1v) is 9.97. The fourth-order valence-corrected chi connectivity index (χ4v) is 3.86. The van der Waals surface area contributed by atoms with Crippen molar-refractivity contribution in [1.29, 1.82) is 0 Å². The number of amides is 2. The molecule has 0 radical (unpaired) electrons. The molecule has 1 aliphatic heterocycles. The molecule has 0 atom stereocenters. The van der Waals surface area contributed by atoms with E-state index in [0.29, 0.717) is 5.92 Å². The Morgan fingerprint density at radius 2 is 1.78 bits per heavy atom. The van der Waals surface area contributed by atoms with E-state index >= 15 is 0 Å². The van der Waals surface area contributed by atoms with E-state index in [0.717, 1.165) is 60.9 Å². The number of piperidine rings is 1. The van der Waals surface area contributed by atoms with E-state index in [9.17, 15) is 4.79 Å². The summed E-state index contributed by atoms with van der Waals surface area (Å²) in [7, 11) is 0. The number of likely N-dealkylation sites (tertiary alicyclic amines) is 1. The van der Waals surface area contributed by atoms with E-state index in [1.165, 1.54) is 5.56 Å². The molecule has 0 unspecified atom stereocenters. The van der Waals surface area contributed by atoms with Gasteiger partial charge in [0.05, 0.1) is 0 Å². The molecule has 0 aromatic heterocycles. The van der Waals surface area contributed by atoms with E-state index in [1.54, 1.807) is 0 Å². The summed E-state index contributed by atoms with van der Waals surface area (Å²) in [6.45, 7) is 7.79. The average molecular weight is 386 g/mol. The summed E-state index contributed by atoms with van der Waals surface area (Å²) in [5.41, 5.74) is 4.33. The molecule has 1 aliphatic rings. The van der Waals surface area contributed by atoms with Gasteiger partial charge in [0.2, 0.25) is 0 Å². The van der Waals surface area contributed by atoms with Gasteiger partial charge >= 0.3 is 6.03 Å². The van der Waals surface area contributed by atoms with Crippen molar-refractivity contribution in [1.82, 2.24) is 10.2 Å². The third kappa shape index (κ3) is 5.72. The molecule has 2 N–H and O–H groups in total. The average Bonchev–Trinajstić information content (AvgIpc) is 2.64. The van der Waals surface area contributed by atoms with Crippen molar-refractivity contribution in [3.63, 3.8) is 0 Å². The molecule has 2 aromatic rings. The number of halogens is 1. The van der Waals surface area contributed by atoms with Crippen LogP contribution in [-0.4, -0.2) is 30.6 Å². The smallest absolute Gasteiger partial charge is 0.319 e. The van der Waals surface area contributed by atoms with Gasteiger partial charge in [-0.2, -0.15) is 0 Å². The molecule has 2 amide bonds. The van der Waals surface area contributed by atoms with Gasteiger partial charge in [-0.3, -0.25) is 4.90 Å². The molecule has 27 heavy (non-hydrogen) atoms. The maximum absolute atomic E-state index is 12.3. The van der Waals surface area contributed by atoms with Crippen LogP contribution >= 0.6 is 11.6 Å². The Morgan fingerprint density at radius 3 is 2.44 bits per heavy atom. The zero-order valence-corrected chi connectivity index (χ0v) is 16.9. The van der Waals surface area contributed by atoms with E-state index in [1.807, 2.05) is 50.2 Å². The zero-order chi connectivity index (χ0) is 19.2. The van der Waals surface area contributed by atoms with Gasteiger partial charge in [-0.15, -0.1) is 0 Å². The highest BCUT2D eigenvalue weighted by Crippen LogP contribution is 2.21. The summed E-state index contributed by atoms with van der Waals surface area (Å²) in [5, 5.41) is 6.83. The van der Waals surface area contributed by atoms with Crippen LogP contribution in [0, 0.1) is 19.8 Å². The standard InChI is InChI=1S/C22H28ClN3O/c1-16-5-3-6-17(2)21(16)25-22(27)24-14-18-9-11-26(12-10-18)15-19-7-4-8-20(23)13-19/h3-8,13,18H,9-12,14-15H2,1-2H3,(H2,24,25,27). The van der Waals surface area contributed by atoms with Crippen LogP contribution in [0.2, 0.25) is 5.02 Å². The second-order valence-corrected chi connectivity index (χ2v) is 7.89. The quantitative estimate of drug-likeness (QED) is 0.761. The summed E-state index contributed by atoms with van der Waals surface area (Å²) in [5.74, 6) is 0.532. The summed E-state index contributed by atoms with van der Waals surface area (Å²) in [4.78, 5) is 14.7. The number of carbonyl (C=O) groups excluding carboxylic acids is 1. The Kier molecular flexibility index (Phi) is 6.75. The molecule has 5 heteroatoms. The third-order valence-corrected chi connectivity index (χ3v) is 5.51. The SMILES string of the molecule is Cc1cccc(C)c1NC(=O)NCC1CCN(Cc2cccc(Cl)c2)CC1. The molecule has 1 heterocycles. The summed E-state index contributed by atoms with van der Waals surface area (Å²) < 4.78 is 0. The van der Waals surface area contributed by atoms with E-state index in [-0.39, 0.29) is 6.03 Å². The second kappa shape index (κ2) is 9.25. The van der Waals surface area contributed by atoms with E-state index in [2.05, 4.69) is 21.6 Å². The first kappa shape index (κ1) is 19.7. The minimum Gasteiger partial charge on any atom is -0.338 e. The van der Waals surface area contributed by atoms with Crippen LogP contribution in [-0.2, 0) is 6.54 Å². The predicted octanol–water partition coefficient (Wildman–Crippen LogP) is 4.99. The van der Waals surface area contributed by atoms with Crippen molar-refractivity contribution in [2.75, 3.05) is 25.0 Å². The Hall–Kier alpha value is -2.04. The van der Waals surface area contributed by atoms with Crippen molar-refractivity contribution in [3.05, 3.63) is 64.2 Å². The minimum absolute atomic E-state index is 0.117. The topological polar surface area (TPSA) is 44.4 Å². The number of para-hydroxylation sites is 1. The fraction of sp³-hybridized carbons (Fsp3) is 0.409. The van der Waals surface area contributed by atoms with Crippen molar-refractivity contribution in [2.45, 2.75) is 33.2 Å². The molecule has 1 fully saturated rings. The maximum atomic E-state index is 12.3. The van der Waals surface area contributed by atoms with Crippen molar-refractivity contribution in [2.24, 2.45) is 5.92 Å². The largest absolute Gasteiger partial charge is 0.338 e. The highest BCUT2D eigenvalue weighted by molar-refractivity contribution is 6.30. The monoisotopic (exact) mass is 385 g/mol. The summed E-state index contributed by atoms with van der Waals surface area (Å²) >= 11 is 6.07. The van der Waals surface area contributed by atoms with Crippen LogP contribution in [0.25, 0.3) is 0 Å². The molecular weight excluding hydrogens is 358 g/mol. The predicted molar refractivity (Wildman–Crippen MR) is 112 cm³/mol. The molecular formula is C22H28ClN3O. The number of urea groups is 1. The number of carbonyl (C=O) groups is 1. The molecule has 3 rings (SSSR count). The lowest BCUT2D eigenvalue weighted by Gasteiger charge is -2.32. The zero-order valence-electron chi connectivity index (χ0n) is 16.1. The van der Waals surface area contributed by atoms with Gasteiger partial charge < -0.3 is 10.6 Å². The summed E-state index contributed by atoms with van der Waals surface area (Å²) in [6, 6.07) is 14.0. The molecule has 0 saturated carbocycles. The van der Waals surface area contributed by atoms with E-state index < -0.39 is 0 Å². The third-order valence-electron chi connectivity index (χ3n) is 5.27. The van der Waals surface area contributed by atoms with Gasteiger partial charge in [0, 0.05) is 23.8 Å². The maximum Gasteiger partial charge on any atom is 0.319 e. The number of anilines is 1. The van der Waals surface area contributed by atoms with Gasteiger partial charge in [0.1, 0.15) is 0 Å². The molecule has 1 saturated heterocycles. The van der Waals surface area contributed by atoms with Gasteiger partial charge in [-0.05, 0) is 74.5 Å². The lowest BCUT2D eigenvalue weighted by Crippen LogP contribution is -2.39. The Morgan fingerprint density at radius 1 is 1.11 bits per heavy atom. The number of hydrogen-bond acceptors (Lipinski definition) is 2. The molecule has 0 bridgehead atoms. The van der Waals surface area contributed by atoms with Crippen LogP contribution in [0.3, 0.4) is 0 Å². The lowest BCUT2D eigenvalue weighted by molar-refractivity contribution is 0.176. The van der Waals surface area contributed by atoms with Crippen molar-refractivity contribution in [3.8, 4) is 0 Å². The van der Waals surface area contributed by atoms with Gasteiger partial charge in [-0.1, -0.05) is 41.9 Å². The number of hydrogen-bond donors (Lipinski definition) is 2. The van der Waals surface area contributed by atoms with Crippen LogP contribution < -0.4 is 10.6 Å². The van der Waals surface area contributed by atoms with E-state index in [4.69, 9.17) is 11.6 Å². The number of rotatable bonds is 5. The number of benzene rings is 2. The highest BCUT2D eigenvalue weighted by Gasteiger charge is 2.20. The minimum atomic E-state index is -0.117. The second-order valence-electron chi connectivity index (χ2n) is 7.45. The Balaban J connectivity index is 1.41. The first-order valence-electron chi connectivity index (χ1n) is 9.59. The highest BCUT2D eigenvalue weighted by atomic mass is 35.5. The normalized spacial score (nSPS) is 15.5. The van der Waals surface area contributed by atoms with Gasteiger partial charge in [0.15, 0.2) is 0 Å². The molecule has 4 nitrogen and oxygen atoms in total. The van der Waals surface area contributed by atoms with Crippen molar-refractivity contribution >= 4 is 23.3 Å². The molecule has 144 valence electrons. The summed E-state index contributed by atoms with van der Waals surface area (Å²) in [6.07, 6.45) is 2.20. The lowest BCUT2D eigenvalue weighted by atomic mass is 9.96. The van der Waals surface area contributed by atoms with Crippen LogP contribution in [0.1, 0.15) is 29.5 Å². The van der Waals surface area contributed by atoms with Crippen LogP contribution in [0.15, 0.2) is 42.5 Å². The Bertz CT molecular complexity index is 765. The molecule has 0 aliphatic carbocycles. The molecule has 2 aromatic carbocycles. The molecule has 0 spiro atoms. The van der Waals surface area contributed by atoms with Crippen molar-refractivity contribution < 1.29 is 4.79 Å². The first-order chi connectivity index (χ1) is 13.0. The fourth-order valence-electron chi connectivity index (χ4n) is 3.65.